The standard InChI is InChI=1S/C12H16F2N2O2S2/c1-20(17,18)10-7-19-5-4-16(10)9-3-2-8(6-15)11(13)12(9)14/h2-3,10H,4-7,15H2,1H3. The maximum atomic E-state index is 14.1. The molecule has 1 aromatic carbocycles. The van der Waals surface area contributed by atoms with Gasteiger partial charge >= 0.3 is 0 Å². The predicted molar refractivity (Wildman–Crippen MR) is 77.6 cm³/mol. The Bertz CT molecular complexity index is 608. The summed E-state index contributed by atoms with van der Waals surface area (Å²) in [7, 11) is -3.38. The van der Waals surface area contributed by atoms with Gasteiger partial charge in [-0.1, -0.05) is 6.07 Å². The van der Waals surface area contributed by atoms with E-state index in [1.807, 2.05) is 0 Å². The van der Waals surface area contributed by atoms with Crippen LogP contribution < -0.4 is 10.6 Å². The Labute approximate surface area is 121 Å². The van der Waals surface area contributed by atoms with Gasteiger partial charge in [-0.15, -0.1) is 0 Å². The molecule has 0 radical (unpaired) electrons. The van der Waals surface area contributed by atoms with E-state index < -0.39 is 26.8 Å². The van der Waals surface area contributed by atoms with Crippen molar-refractivity contribution in [3.8, 4) is 0 Å². The molecule has 112 valence electrons. The normalized spacial score (nSPS) is 20.2. The minimum Gasteiger partial charge on any atom is -0.351 e. The Morgan fingerprint density at radius 3 is 2.70 bits per heavy atom. The van der Waals surface area contributed by atoms with E-state index in [-0.39, 0.29) is 17.8 Å². The molecule has 2 N–H and O–H groups in total. The lowest BCUT2D eigenvalue weighted by Gasteiger charge is -2.36. The van der Waals surface area contributed by atoms with Crippen molar-refractivity contribution in [3.05, 3.63) is 29.3 Å². The van der Waals surface area contributed by atoms with Gasteiger partial charge in [0.25, 0.3) is 0 Å². The lowest BCUT2D eigenvalue weighted by atomic mass is 10.1. The molecule has 1 fully saturated rings. The molecule has 4 nitrogen and oxygen atoms in total. The zero-order chi connectivity index (χ0) is 14.9. The molecule has 1 heterocycles. The Kier molecular flexibility index (Phi) is 4.55. The summed E-state index contributed by atoms with van der Waals surface area (Å²) >= 11 is 1.49. The van der Waals surface area contributed by atoms with Gasteiger partial charge < -0.3 is 10.6 Å². The molecule has 2 rings (SSSR count). The highest BCUT2D eigenvalue weighted by Crippen LogP contribution is 2.30. The van der Waals surface area contributed by atoms with Gasteiger partial charge in [0.2, 0.25) is 0 Å². The molecular formula is C12H16F2N2O2S2. The minimum atomic E-state index is -3.38. The highest BCUT2D eigenvalue weighted by atomic mass is 32.2. The highest BCUT2D eigenvalue weighted by Gasteiger charge is 2.33. The van der Waals surface area contributed by atoms with Crippen molar-refractivity contribution in [2.24, 2.45) is 5.73 Å². The SMILES string of the molecule is CS(=O)(=O)C1CSCCN1c1ccc(CN)c(F)c1F. The second-order valence-electron chi connectivity index (χ2n) is 4.63. The van der Waals surface area contributed by atoms with Gasteiger partial charge in [0.05, 0.1) is 5.69 Å². The van der Waals surface area contributed by atoms with Crippen LogP contribution in [0.3, 0.4) is 0 Å². The molecule has 0 bridgehead atoms. The quantitative estimate of drug-likeness (QED) is 0.910. The van der Waals surface area contributed by atoms with E-state index in [0.717, 1.165) is 6.26 Å². The topological polar surface area (TPSA) is 63.4 Å². The van der Waals surface area contributed by atoms with Crippen molar-refractivity contribution in [2.75, 3.05) is 29.2 Å². The zero-order valence-corrected chi connectivity index (χ0v) is 12.6. The molecule has 0 aliphatic carbocycles. The number of anilines is 1. The Balaban J connectivity index is 2.46. The second-order valence-corrected chi connectivity index (χ2v) is 7.98. The number of rotatable bonds is 3. The van der Waals surface area contributed by atoms with Crippen molar-refractivity contribution in [2.45, 2.75) is 11.9 Å². The van der Waals surface area contributed by atoms with E-state index in [0.29, 0.717) is 18.1 Å². The monoisotopic (exact) mass is 322 g/mol. The Morgan fingerprint density at radius 2 is 2.10 bits per heavy atom. The van der Waals surface area contributed by atoms with E-state index in [4.69, 9.17) is 5.73 Å². The highest BCUT2D eigenvalue weighted by molar-refractivity contribution is 8.01. The molecule has 1 aliphatic heterocycles. The van der Waals surface area contributed by atoms with Crippen LogP contribution in [0.25, 0.3) is 0 Å². The second kappa shape index (κ2) is 5.87. The van der Waals surface area contributed by atoms with E-state index in [1.54, 1.807) is 0 Å². The zero-order valence-electron chi connectivity index (χ0n) is 11.0. The molecule has 0 aromatic heterocycles. The van der Waals surface area contributed by atoms with Crippen LogP contribution in [-0.4, -0.2) is 38.1 Å². The fraction of sp³-hybridized carbons (Fsp3) is 0.500. The molecule has 1 unspecified atom stereocenters. The molecular weight excluding hydrogens is 306 g/mol. The molecule has 0 spiro atoms. The first kappa shape index (κ1) is 15.5. The van der Waals surface area contributed by atoms with Crippen LogP contribution in [0.5, 0.6) is 0 Å². The van der Waals surface area contributed by atoms with Crippen LogP contribution >= 0.6 is 11.8 Å². The minimum absolute atomic E-state index is 0.0181. The van der Waals surface area contributed by atoms with Crippen LogP contribution in [0.2, 0.25) is 0 Å². The molecule has 1 saturated heterocycles. The number of halogens is 2. The molecule has 1 aromatic rings. The Morgan fingerprint density at radius 1 is 1.40 bits per heavy atom. The molecule has 1 atom stereocenters. The summed E-state index contributed by atoms with van der Waals surface area (Å²) in [6.07, 6.45) is 1.11. The largest absolute Gasteiger partial charge is 0.351 e. The third kappa shape index (κ3) is 2.91. The molecule has 20 heavy (non-hydrogen) atoms. The van der Waals surface area contributed by atoms with Gasteiger partial charge in [-0.05, 0) is 6.07 Å². The first-order valence-electron chi connectivity index (χ1n) is 6.06. The summed E-state index contributed by atoms with van der Waals surface area (Å²) < 4.78 is 51.5. The van der Waals surface area contributed by atoms with Gasteiger partial charge in [-0.25, -0.2) is 17.2 Å². The molecule has 1 aliphatic rings. The lowest BCUT2D eigenvalue weighted by molar-refractivity contribution is 0.495. The van der Waals surface area contributed by atoms with Crippen molar-refractivity contribution in [3.63, 3.8) is 0 Å². The maximum Gasteiger partial charge on any atom is 0.182 e. The number of thioether (sulfide) groups is 1. The lowest BCUT2D eigenvalue weighted by Crippen LogP contribution is -2.47. The third-order valence-corrected chi connectivity index (χ3v) is 5.89. The van der Waals surface area contributed by atoms with Gasteiger partial charge in [-0.2, -0.15) is 11.8 Å². The fourth-order valence-corrected chi connectivity index (χ4v) is 5.00. The van der Waals surface area contributed by atoms with Gasteiger partial charge in [0.1, 0.15) is 5.37 Å². The van der Waals surface area contributed by atoms with Gasteiger partial charge in [-0.3, -0.25) is 0 Å². The number of sulfone groups is 1. The number of nitrogens with zero attached hydrogens (tertiary/aromatic N) is 1. The van der Waals surface area contributed by atoms with Crippen LogP contribution in [0.1, 0.15) is 5.56 Å². The van der Waals surface area contributed by atoms with Gasteiger partial charge in [0, 0.05) is 36.4 Å². The van der Waals surface area contributed by atoms with E-state index in [1.165, 1.54) is 28.8 Å². The molecule has 8 heteroatoms. The van der Waals surface area contributed by atoms with Crippen LogP contribution in [0.15, 0.2) is 12.1 Å². The van der Waals surface area contributed by atoms with Crippen molar-refractivity contribution >= 4 is 27.3 Å². The fourth-order valence-electron chi connectivity index (χ4n) is 2.17. The predicted octanol–water partition coefficient (Wildman–Crippen LogP) is 1.35. The summed E-state index contributed by atoms with van der Waals surface area (Å²) in [5.41, 5.74) is 5.38. The first-order valence-corrected chi connectivity index (χ1v) is 9.17. The first-order chi connectivity index (χ1) is 9.36. The van der Waals surface area contributed by atoms with Crippen LogP contribution in [-0.2, 0) is 16.4 Å². The average Bonchev–Trinajstić information content (AvgIpc) is 2.41. The Hall–Kier alpha value is -0.860. The summed E-state index contributed by atoms with van der Waals surface area (Å²) in [6, 6.07) is 2.80. The van der Waals surface area contributed by atoms with Crippen molar-refractivity contribution < 1.29 is 17.2 Å². The molecule has 0 amide bonds. The molecule has 0 saturated carbocycles. The number of benzene rings is 1. The maximum absolute atomic E-state index is 14.1. The average molecular weight is 322 g/mol. The summed E-state index contributed by atoms with van der Waals surface area (Å²) in [5.74, 6) is -1.02. The third-order valence-electron chi connectivity index (χ3n) is 3.25. The van der Waals surface area contributed by atoms with Crippen molar-refractivity contribution in [1.29, 1.82) is 0 Å². The summed E-state index contributed by atoms with van der Waals surface area (Å²) in [6.45, 7) is 0.259. The number of nitrogens with two attached hydrogens (primary N) is 1. The van der Waals surface area contributed by atoms with Crippen LogP contribution in [0, 0.1) is 11.6 Å². The van der Waals surface area contributed by atoms with Crippen molar-refractivity contribution in [1.82, 2.24) is 0 Å². The van der Waals surface area contributed by atoms with E-state index in [2.05, 4.69) is 0 Å². The summed E-state index contributed by atoms with van der Waals surface area (Å²) in [5, 5.41) is -0.834. The van der Waals surface area contributed by atoms with E-state index >= 15 is 0 Å². The number of hydrogen-bond acceptors (Lipinski definition) is 5. The van der Waals surface area contributed by atoms with E-state index in [9.17, 15) is 17.2 Å². The smallest absolute Gasteiger partial charge is 0.182 e. The number of hydrogen-bond donors (Lipinski definition) is 1. The summed E-state index contributed by atoms with van der Waals surface area (Å²) in [4.78, 5) is 1.42. The van der Waals surface area contributed by atoms with Crippen LogP contribution in [0.4, 0.5) is 14.5 Å². The van der Waals surface area contributed by atoms with Gasteiger partial charge in [0.15, 0.2) is 21.5 Å².